The lowest BCUT2D eigenvalue weighted by atomic mass is 10.2. The summed E-state index contributed by atoms with van der Waals surface area (Å²) in [5.41, 5.74) is 0. The smallest absolute Gasteiger partial charge is 0.158 e. The molecule has 0 rings (SSSR count). The minimum absolute atomic E-state index is 0.154. The van der Waals surface area contributed by atoms with Gasteiger partial charge in [0.1, 0.15) is 6.61 Å². The topological polar surface area (TPSA) is 35.5 Å². The summed E-state index contributed by atoms with van der Waals surface area (Å²) in [4.78, 5) is 11.0. The zero-order valence-corrected chi connectivity index (χ0v) is 8.67. The van der Waals surface area contributed by atoms with Crippen LogP contribution in [0.5, 0.6) is 0 Å². The van der Waals surface area contributed by atoms with Gasteiger partial charge in [0.05, 0.1) is 0 Å². The molecule has 13 heavy (non-hydrogen) atoms. The van der Waals surface area contributed by atoms with Gasteiger partial charge in [0, 0.05) is 26.7 Å². The van der Waals surface area contributed by atoms with Gasteiger partial charge in [0.25, 0.3) is 0 Å². The zero-order chi connectivity index (χ0) is 9.94. The largest absolute Gasteiger partial charge is 0.381 e. The van der Waals surface area contributed by atoms with Crippen LogP contribution in [-0.4, -0.2) is 32.7 Å². The molecule has 3 nitrogen and oxygen atoms in total. The van der Waals surface area contributed by atoms with Gasteiger partial charge in [-0.05, 0) is 12.8 Å². The normalized spacial score (nSPS) is 10.3. The van der Waals surface area contributed by atoms with Crippen LogP contribution in [0.25, 0.3) is 0 Å². The van der Waals surface area contributed by atoms with Crippen molar-refractivity contribution in [3.05, 3.63) is 0 Å². The van der Waals surface area contributed by atoms with Crippen LogP contribution in [0.15, 0.2) is 0 Å². The Labute approximate surface area is 80.4 Å². The number of Topliss-reactive ketones (excluding diaryl/α,β-unsaturated/α-hetero) is 1. The number of hydrogen-bond acceptors (Lipinski definition) is 3. The van der Waals surface area contributed by atoms with E-state index in [4.69, 9.17) is 9.47 Å². The molecule has 0 aliphatic heterocycles. The fourth-order valence-corrected chi connectivity index (χ4v) is 0.953. The molecule has 0 atom stereocenters. The maximum atomic E-state index is 11.0. The highest BCUT2D eigenvalue weighted by atomic mass is 16.5. The molecule has 0 aromatic carbocycles. The Balaban J connectivity index is 3.02. The van der Waals surface area contributed by atoms with Gasteiger partial charge < -0.3 is 9.47 Å². The number of ether oxygens (including phenoxy) is 2. The van der Waals surface area contributed by atoms with Crippen molar-refractivity contribution < 1.29 is 14.3 Å². The molecule has 0 aromatic heterocycles. The lowest BCUT2D eigenvalue weighted by Crippen LogP contribution is -2.07. The maximum Gasteiger partial charge on any atom is 0.158 e. The Bertz CT molecular complexity index is 123. The van der Waals surface area contributed by atoms with Gasteiger partial charge in [-0.2, -0.15) is 0 Å². The lowest BCUT2D eigenvalue weighted by Gasteiger charge is -2.02. The van der Waals surface area contributed by atoms with E-state index in [-0.39, 0.29) is 12.4 Å². The number of ketones is 1. The summed E-state index contributed by atoms with van der Waals surface area (Å²) in [7, 11) is 1.54. The molecule has 0 unspecified atom stereocenters. The van der Waals surface area contributed by atoms with Crippen molar-refractivity contribution in [2.45, 2.75) is 32.6 Å². The summed E-state index contributed by atoms with van der Waals surface area (Å²) in [6.45, 7) is 3.87. The van der Waals surface area contributed by atoms with Crippen LogP contribution in [0.2, 0.25) is 0 Å². The molecule has 0 fully saturated rings. The molecule has 0 saturated heterocycles. The molecule has 0 radical (unpaired) electrons. The third kappa shape index (κ3) is 9.50. The molecule has 3 heteroatoms. The van der Waals surface area contributed by atoms with Gasteiger partial charge >= 0.3 is 0 Å². The van der Waals surface area contributed by atoms with Crippen LogP contribution in [0.4, 0.5) is 0 Å². The first-order chi connectivity index (χ1) is 6.31. The first-order valence-corrected chi connectivity index (χ1v) is 4.89. The van der Waals surface area contributed by atoms with E-state index in [1.54, 1.807) is 0 Å². The molecule has 0 saturated carbocycles. The van der Waals surface area contributed by atoms with Gasteiger partial charge in [-0.25, -0.2) is 0 Å². The van der Waals surface area contributed by atoms with Crippen molar-refractivity contribution in [2.24, 2.45) is 0 Å². The molecule has 0 bridgehead atoms. The van der Waals surface area contributed by atoms with E-state index < -0.39 is 0 Å². The quantitative estimate of drug-likeness (QED) is 0.517. The molecule has 0 heterocycles. The lowest BCUT2D eigenvalue weighted by molar-refractivity contribution is -0.123. The molecular formula is C10H20O3. The van der Waals surface area contributed by atoms with Gasteiger partial charge in [0.15, 0.2) is 5.78 Å². The monoisotopic (exact) mass is 188 g/mol. The van der Waals surface area contributed by atoms with Gasteiger partial charge in [-0.1, -0.05) is 13.3 Å². The third-order valence-corrected chi connectivity index (χ3v) is 1.69. The van der Waals surface area contributed by atoms with Crippen molar-refractivity contribution in [3.63, 3.8) is 0 Å². The molecule has 0 N–H and O–H groups in total. The Morgan fingerprint density at radius 1 is 1.23 bits per heavy atom. The van der Waals surface area contributed by atoms with Crippen molar-refractivity contribution in [2.75, 3.05) is 26.9 Å². The molecule has 0 aromatic rings. The minimum atomic E-state index is 0.154. The van der Waals surface area contributed by atoms with E-state index in [1.807, 2.05) is 0 Å². The summed E-state index contributed by atoms with van der Waals surface area (Å²) in [6, 6.07) is 0. The highest BCUT2D eigenvalue weighted by molar-refractivity contribution is 5.79. The number of unbranched alkanes of at least 4 members (excludes halogenated alkanes) is 1. The Hall–Kier alpha value is -0.410. The average Bonchev–Trinajstić information content (AvgIpc) is 2.11. The maximum absolute atomic E-state index is 11.0. The van der Waals surface area contributed by atoms with Gasteiger partial charge in [-0.3, -0.25) is 4.79 Å². The van der Waals surface area contributed by atoms with E-state index in [1.165, 1.54) is 7.11 Å². The molecule has 0 aliphatic rings. The fraction of sp³-hybridized carbons (Fsp3) is 0.900. The number of carbonyl (C=O) groups excluding carboxylic acids is 1. The molecule has 0 aliphatic carbocycles. The molecular weight excluding hydrogens is 168 g/mol. The summed E-state index contributed by atoms with van der Waals surface area (Å²) < 4.78 is 10.0. The van der Waals surface area contributed by atoms with Crippen LogP contribution in [0, 0.1) is 0 Å². The predicted molar refractivity (Wildman–Crippen MR) is 51.8 cm³/mol. The third-order valence-electron chi connectivity index (χ3n) is 1.69. The number of rotatable bonds is 9. The van der Waals surface area contributed by atoms with E-state index in [0.717, 1.165) is 25.9 Å². The van der Waals surface area contributed by atoms with Crippen LogP contribution >= 0.6 is 0 Å². The summed E-state index contributed by atoms with van der Waals surface area (Å²) in [5.74, 6) is 0.154. The van der Waals surface area contributed by atoms with Gasteiger partial charge in [-0.15, -0.1) is 0 Å². The van der Waals surface area contributed by atoms with Crippen LogP contribution < -0.4 is 0 Å². The Kier molecular flexibility index (Phi) is 9.37. The van der Waals surface area contributed by atoms with Crippen molar-refractivity contribution in [3.8, 4) is 0 Å². The summed E-state index contributed by atoms with van der Waals surface area (Å²) >= 11 is 0. The second kappa shape index (κ2) is 9.68. The zero-order valence-electron chi connectivity index (χ0n) is 8.67. The first kappa shape index (κ1) is 12.6. The highest BCUT2D eigenvalue weighted by Gasteiger charge is 1.99. The van der Waals surface area contributed by atoms with Gasteiger partial charge in [0.2, 0.25) is 0 Å². The fourth-order valence-electron chi connectivity index (χ4n) is 0.953. The standard InChI is InChI=1S/C10H20O3/c1-3-4-7-13-8-5-6-10(11)9-12-2/h3-9H2,1-2H3. The van der Waals surface area contributed by atoms with E-state index in [0.29, 0.717) is 13.0 Å². The minimum Gasteiger partial charge on any atom is -0.381 e. The van der Waals surface area contributed by atoms with Crippen LogP contribution in [-0.2, 0) is 14.3 Å². The second-order valence-corrected chi connectivity index (χ2v) is 3.04. The van der Waals surface area contributed by atoms with E-state index >= 15 is 0 Å². The first-order valence-electron chi connectivity index (χ1n) is 4.89. The number of hydrogen-bond donors (Lipinski definition) is 0. The number of methoxy groups -OCH3 is 1. The SMILES string of the molecule is CCCCOCCCC(=O)COC. The predicted octanol–water partition coefficient (Wildman–Crippen LogP) is 1.80. The van der Waals surface area contributed by atoms with Crippen LogP contribution in [0.1, 0.15) is 32.6 Å². The summed E-state index contributed by atoms with van der Waals surface area (Å²) in [6.07, 6.45) is 3.64. The van der Waals surface area contributed by atoms with E-state index in [2.05, 4.69) is 6.92 Å². The summed E-state index contributed by atoms with van der Waals surface area (Å²) in [5, 5.41) is 0. The van der Waals surface area contributed by atoms with Crippen molar-refractivity contribution >= 4 is 5.78 Å². The molecule has 0 spiro atoms. The number of carbonyl (C=O) groups is 1. The average molecular weight is 188 g/mol. The van der Waals surface area contributed by atoms with E-state index in [9.17, 15) is 4.79 Å². The second-order valence-electron chi connectivity index (χ2n) is 3.04. The Morgan fingerprint density at radius 3 is 2.54 bits per heavy atom. The van der Waals surface area contributed by atoms with Crippen molar-refractivity contribution in [1.29, 1.82) is 0 Å². The van der Waals surface area contributed by atoms with Crippen LogP contribution in [0.3, 0.4) is 0 Å². The Morgan fingerprint density at radius 2 is 1.92 bits per heavy atom. The molecule has 78 valence electrons. The molecule has 0 amide bonds. The van der Waals surface area contributed by atoms with Crippen molar-refractivity contribution in [1.82, 2.24) is 0 Å². The highest BCUT2D eigenvalue weighted by Crippen LogP contribution is 1.94.